The van der Waals surface area contributed by atoms with E-state index in [-0.39, 0.29) is 0 Å². The van der Waals surface area contributed by atoms with Gasteiger partial charge in [0, 0.05) is 48.8 Å². The summed E-state index contributed by atoms with van der Waals surface area (Å²) < 4.78 is 22.7. The fourth-order valence-corrected chi connectivity index (χ4v) is 4.15. The van der Waals surface area contributed by atoms with E-state index in [1.807, 2.05) is 11.0 Å². The summed E-state index contributed by atoms with van der Waals surface area (Å²) in [6, 6.07) is 2.00. The number of anilines is 5. The highest BCUT2D eigenvalue weighted by atomic mass is 32.1. The Morgan fingerprint density at radius 2 is 1.86 bits per heavy atom. The van der Waals surface area contributed by atoms with Crippen molar-refractivity contribution >= 4 is 46.7 Å². The van der Waals surface area contributed by atoms with Crippen LogP contribution in [-0.2, 0) is 9.53 Å². The van der Waals surface area contributed by atoms with E-state index in [0.717, 1.165) is 30.3 Å². The monoisotopic (exact) mass is 529 g/mol. The fourth-order valence-electron chi connectivity index (χ4n) is 3.76. The van der Waals surface area contributed by atoms with Gasteiger partial charge in [-0.1, -0.05) is 0 Å². The number of carbonyl (C=O) groups is 1. The summed E-state index contributed by atoms with van der Waals surface area (Å²) in [6.07, 6.45) is 12.0. The Balaban J connectivity index is 0.000000272. The maximum absolute atomic E-state index is 13.7. The van der Waals surface area contributed by atoms with Crippen LogP contribution in [0.25, 0.3) is 0 Å². The van der Waals surface area contributed by atoms with Crippen molar-refractivity contribution in [2.75, 3.05) is 59.8 Å². The molecule has 1 atom stereocenters. The number of nitrogens with zero attached hydrogens (tertiary/aromatic N) is 8. The Morgan fingerprint density at radius 3 is 2.49 bits per heavy atom. The number of halogens is 1. The quantitative estimate of drug-likeness (QED) is 0.304. The minimum absolute atomic E-state index is 0.320. The van der Waals surface area contributed by atoms with Crippen LogP contribution >= 0.6 is 11.5 Å². The lowest BCUT2D eigenvalue weighted by Crippen LogP contribution is -2.38. The van der Waals surface area contributed by atoms with Gasteiger partial charge in [0.1, 0.15) is 12.5 Å². The highest BCUT2D eigenvalue weighted by Gasteiger charge is 2.27. The normalized spacial score (nSPS) is 18.7. The molecule has 6 rings (SSSR count). The number of morpholine rings is 1. The molecular weight excluding hydrogens is 501 g/mol. The van der Waals surface area contributed by atoms with Crippen molar-refractivity contribution in [1.82, 2.24) is 34.5 Å². The maximum Gasteiger partial charge on any atom is 0.235 e. The van der Waals surface area contributed by atoms with Crippen molar-refractivity contribution in [3.05, 3.63) is 18.1 Å². The van der Waals surface area contributed by atoms with Crippen LogP contribution in [0.1, 0.15) is 30.9 Å². The molecule has 37 heavy (non-hydrogen) atoms. The first-order valence-electron chi connectivity index (χ1n) is 11.8. The second-order valence-electron chi connectivity index (χ2n) is 8.31. The predicted octanol–water partition coefficient (Wildman–Crippen LogP) is 1.96. The number of alkyl halides is 1. The first-order valence-corrected chi connectivity index (χ1v) is 12.6. The Kier molecular flexibility index (Phi) is 9.11. The van der Waals surface area contributed by atoms with E-state index in [1.165, 1.54) is 19.2 Å². The number of aromatic nitrogens is 7. The Morgan fingerprint density at radius 1 is 1.11 bits per heavy atom. The van der Waals surface area contributed by atoms with Crippen LogP contribution in [0.2, 0.25) is 0 Å². The SMILES string of the molecule is C#C.F[C@@H]1CCN(c2nc(Nc3cc(C4CC4)[nH]n3)nc(N3CCOCC3)n2)C1.O=CNc1ncns1. The number of ether oxygens (including phenoxy) is 1. The first-order chi connectivity index (χ1) is 18.2. The van der Waals surface area contributed by atoms with Gasteiger partial charge < -0.3 is 25.2 Å². The van der Waals surface area contributed by atoms with E-state index in [4.69, 9.17) is 4.74 Å². The molecule has 15 heteroatoms. The summed E-state index contributed by atoms with van der Waals surface area (Å²) in [4.78, 5) is 31.0. The van der Waals surface area contributed by atoms with Crippen molar-refractivity contribution in [2.45, 2.75) is 31.4 Å². The van der Waals surface area contributed by atoms with Crippen LogP contribution in [0.4, 0.5) is 33.2 Å². The third-order valence-electron chi connectivity index (χ3n) is 5.72. The van der Waals surface area contributed by atoms with Crippen LogP contribution in [0, 0.1) is 12.8 Å². The standard InChI is InChI=1S/C17H23FN8O.C3H3N3OS.C2H2/c18-12-3-4-26(10-12)17-21-15(19-14-9-13(23-24-14)11-1-2-11)20-16(22-17)25-5-7-27-8-6-25;7-2-5-3-4-1-6-8-3;1-2/h9,11-12H,1-8,10H2,(H2,19,20,21,22,23,24);1-2H,(H,4,5,6,7);1-2H/t12-;;/m1../s1. The Hall–Kier alpha value is -3.90. The van der Waals surface area contributed by atoms with Gasteiger partial charge in [-0.15, -0.1) is 12.8 Å². The largest absolute Gasteiger partial charge is 0.378 e. The molecular formula is C22H28FN11O2S. The molecule has 0 aromatic carbocycles. The Labute approximate surface area is 217 Å². The van der Waals surface area contributed by atoms with Gasteiger partial charge in [0.15, 0.2) is 5.82 Å². The smallest absolute Gasteiger partial charge is 0.235 e. The van der Waals surface area contributed by atoms with Crippen molar-refractivity contribution in [2.24, 2.45) is 0 Å². The van der Waals surface area contributed by atoms with Gasteiger partial charge in [-0.2, -0.15) is 24.4 Å². The molecule has 3 aliphatic rings. The van der Waals surface area contributed by atoms with Gasteiger partial charge in [-0.25, -0.2) is 9.37 Å². The second kappa shape index (κ2) is 12.9. The van der Waals surface area contributed by atoms with Gasteiger partial charge in [0.05, 0.1) is 19.8 Å². The molecule has 0 spiro atoms. The molecule has 3 aromatic rings. The van der Waals surface area contributed by atoms with Gasteiger partial charge in [-0.3, -0.25) is 9.89 Å². The molecule has 13 nitrogen and oxygen atoms in total. The molecule has 2 aliphatic heterocycles. The zero-order valence-corrected chi connectivity index (χ0v) is 20.9. The number of amides is 1. The number of hydrogen-bond donors (Lipinski definition) is 3. The molecule has 1 saturated carbocycles. The third-order valence-corrected chi connectivity index (χ3v) is 6.31. The first kappa shape index (κ1) is 26.2. The predicted molar refractivity (Wildman–Crippen MR) is 138 cm³/mol. The molecule has 0 radical (unpaired) electrons. The zero-order valence-electron chi connectivity index (χ0n) is 20.1. The number of terminal acetylenes is 1. The summed E-state index contributed by atoms with van der Waals surface area (Å²) in [5.74, 6) is 2.81. The number of carbonyl (C=O) groups excluding carboxylic acids is 1. The molecule has 1 amide bonds. The van der Waals surface area contributed by atoms with Gasteiger partial charge >= 0.3 is 0 Å². The molecule has 1 aliphatic carbocycles. The summed E-state index contributed by atoms with van der Waals surface area (Å²) in [5.41, 5.74) is 1.14. The van der Waals surface area contributed by atoms with Crippen LogP contribution in [0.5, 0.6) is 0 Å². The lowest BCUT2D eigenvalue weighted by Gasteiger charge is -2.27. The summed E-state index contributed by atoms with van der Waals surface area (Å²) in [6.45, 7) is 3.67. The lowest BCUT2D eigenvalue weighted by atomic mass is 10.3. The molecule has 3 aromatic heterocycles. The summed E-state index contributed by atoms with van der Waals surface area (Å²) in [5, 5.41) is 13.4. The van der Waals surface area contributed by atoms with Crippen LogP contribution in [0.3, 0.4) is 0 Å². The number of rotatable bonds is 7. The Bertz CT molecular complexity index is 1130. The molecule has 0 bridgehead atoms. The molecule has 2 saturated heterocycles. The molecule has 196 valence electrons. The number of aromatic amines is 1. The van der Waals surface area contributed by atoms with Gasteiger partial charge in [0.25, 0.3) is 0 Å². The van der Waals surface area contributed by atoms with Gasteiger partial charge in [-0.05, 0) is 19.3 Å². The average molecular weight is 530 g/mol. The van der Waals surface area contributed by atoms with E-state index in [2.05, 4.69) is 62.9 Å². The van der Waals surface area contributed by atoms with Crippen molar-refractivity contribution < 1.29 is 13.9 Å². The van der Waals surface area contributed by atoms with Crippen LogP contribution in [-0.4, -0.2) is 86.5 Å². The topological polar surface area (TPSA) is 150 Å². The minimum Gasteiger partial charge on any atom is -0.378 e. The lowest BCUT2D eigenvalue weighted by molar-refractivity contribution is -0.105. The van der Waals surface area contributed by atoms with E-state index >= 15 is 0 Å². The van der Waals surface area contributed by atoms with Crippen molar-refractivity contribution in [1.29, 1.82) is 0 Å². The number of nitrogens with one attached hydrogen (secondary N) is 3. The summed E-state index contributed by atoms with van der Waals surface area (Å²) in [7, 11) is 0. The molecule has 5 heterocycles. The van der Waals surface area contributed by atoms with Crippen molar-refractivity contribution in [3.8, 4) is 12.8 Å². The summed E-state index contributed by atoms with van der Waals surface area (Å²) >= 11 is 1.14. The van der Waals surface area contributed by atoms with E-state index in [9.17, 15) is 9.18 Å². The van der Waals surface area contributed by atoms with Crippen molar-refractivity contribution in [3.63, 3.8) is 0 Å². The highest BCUT2D eigenvalue weighted by molar-refractivity contribution is 7.09. The average Bonchev–Trinajstić information content (AvgIpc) is 3.27. The fraction of sp³-hybridized carbons (Fsp3) is 0.500. The molecule has 0 unspecified atom stereocenters. The van der Waals surface area contributed by atoms with E-state index in [0.29, 0.717) is 73.8 Å². The van der Waals surface area contributed by atoms with Crippen LogP contribution < -0.4 is 20.4 Å². The minimum atomic E-state index is -0.836. The highest BCUT2D eigenvalue weighted by Crippen LogP contribution is 2.39. The van der Waals surface area contributed by atoms with Gasteiger partial charge in [0.2, 0.25) is 29.4 Å². The maximum atomic E-state index is 13.7. The zero-order chi connectivity index (χ0) is 26.0. The second-order valence-corrected chi connectivity index (χ2v) is 9.09. The number of hydrogen-bond acceptors (Lipinski definition) is 12. The van der Waals surface area contributed by atoms with Crippen LogP contribution in [0.15, 0.2) is 12.4 Å². The van der Waals surface area contributed by atoms with E-state index in [1.54, 1.807) is 0 Å². The third kappa shape index (κ3) is 7.30. The molecule has 3 N–H and O–H groups in total. The van der Waals surface area contributed by atoms with E-state index < -0.39 is 6.17 Å². The molecule has 3 fully saturated rings. The number of H-pyrrole nitrogens is 1.